The van der Waals surface area contributed by atoms with E-state index in [-0.39, 0.29) is 25.1 Å². The second-order valence-electron chi connectivity index (χ2n) is 6.87. The van der Waals surface area contributed by atoms with E-state index in [1.165, 1.54) is 0 Å². The number of carbonyl (C=O) groups is 2. The summed E-state index contributed by atoms with van der Waals surface area (Å²) >= 11 is 0. The van der Waals surface area contributed by atoms with Crippen LogP contribution < -0.4 is 4.74 Å². The van der Waals surface area contributed by atoms with Gasteiger partial charge in [0, 0.05) is 25.2 Å². The number of nitrogens with zero attached hydrogens (tertiary/aromatic N) is 1. The van der Waals surface area contributed by atoms with Crippen LogP contribution in [-0.2, 0) is 20.9 Å². The van der Waals surface area contributed by atoms with Crippen molar-refractivity contribution in [3.63, 3.8) is 0 Å². The zero-order chi connectivity index (χ0) is 19.5. The number of carboxylic acids is 1. The monoisotopic (exact) mass is 383 g/mol. The van der Waals surface area contributed by atoms with Gasteiger partial charge in [0.25, 0.3) is 0 Å². The second-order valence-corrected chi connectivity index (χ2v) is 6.87. The maximum absolute atomic E-state index is 11.5. The molecule has 28 heavy (non-hydrogen) atoms. The van der Waals surface area contributed by atoms with Gasteiger partial charge < -0.3 is 19.3 Å². The number of esters is 1. The largest absolute Gasteiger partial charge is 0.481 e. The molecule has 2 aliphatic heterocycles. The molecule has 1 saturated heterocycles. The van der Waals surface area contributed by atoms with E-state index in [0.29, 0.717) is 36.8 Å². The quantitative estimate of drug-likeness (QED) is 0.768. The van der Waals surface area contributed by atoms with Crippen molar-refractivity contribution < 1.29 is 28.9 Å². The standard InChI is InChI=1S/C21H21NO6/c23-20(24)7-8-22-9-10-26-19(12-22)14-1-3-16(4-2-14)28-17-5-6-18-15(11-17)13-27-21(18)25/h1-6,11,19H,7-10,12-13H2,(H,23,24). The summed E-state index contributed by atoms with van der Waals surface area (Å²) < 4.78 is 16.7. The van der Waals surface area contributed by atoms with Gasteiger partial charge in [-0.1, -0.05) is 12.1 Å². The molecule has 2 heterocycles. The molecule has 1 fully saturated rings. The van der Waals surface area contributed by atoms with Crippen LogP contribution in [0.3, 0.4) is 0 Å². The molecule has 2 aromatic rings. The molecular weight excluding hydrogens is 362 g/mol. The molecule has 146 valence electrons. The van der Waals surface area contributed by atoms with Gasteiger partial charge >= 0.3 is 11.9 Å². The van der Waals surface area contributed by atoms with Crippen LogP contribution in [0.15, 0.2) is 42.5 Å². The Bertz CT molecular complexity index is 879. The molecule has 0 spiro atoms. The third-order valence-corrected chi connectivity index (χ3v) is 4.94. The predicted octanol–water partition coefficient (Wildman–Crippen LogP) is 3.00. The molecule has 2 aliphatic rings. The lowest BCUT2D eigenvalue weighted by molar-refractivity contribution is -0.137. The number of hydrogen-bond acceptors (Lipinski definition) is 6. The Balaban J connectivity index is 1.38. The average Bonchev–Trinajstić information content (AvgIpc) is 3.07. The maximum atomic E-state index is 11.5. The highest BCUT2D eigenvalue weighted by molar-refractivity contribution is 5.93. The number of cyclic esters (lactones) is 1. The van der Waals surface area contributed by atoms with Crippen molar-refractivity contribution in [2.75, 3.05) is 26.2 Å². The molecular formula is C21H21NO6. The summed E-state index contributed by atoms with van der Waals surface area (Å²) in [6.07, 6.45) is 0.0523. The number of benzene rings is 2. The van der Waals surface area contributed by atoms with Gasteiger partial charge in [-0.25, -0.2) is 4.79 Å². The van der Waals surface area contributed by atoms with Crippen molar-refractivity contribution in [1.29, 1.82) is 0 Å². The van der Waals surface area contributed by atoms with Gasteiger partial charge in [0.15, 0.2) is 0 Å². The first kappa shape index (κ1) is 18.5. The van der Waals surface area contributed by atoms with E-state index in [1.807, 2.05) is 30.3 Å². The van der Waals surface area contributed by atoms with Crippen LogP contribution in [0.5, 0.6) is 11.5 Å². The van der Waals surface area contributed by atoms with Gasteiger partial charge in [-0.2, -0.15) is 0 Å². The average molecular weight is 383 g/mol. The Kier molecular flexibility index (Phi) is 5.27. The van der Waals surface area contributed by atoms with Crippen molar-refractivity contribution in [1.82, 2.24) is 4.90 Å². The number of carbonyl (C=O) groups excluding carboxylic acids is 1. The van der Waals surface area contributed by atoms with Crippen molar-refractivity contribution >= 4 is 11.9 Å². The molecule has 7 heteroatoms. The van der Waals surface area contributed by atoms with E-state index in [4.69, 9.17) is 19.3 Å². The summed E-state index contributed by atoms with van der Waals surface area (Å²) in [6.45, 7) is 2.81. The van der Waals surface area contributed by atoms with Crippen molar-refractivity contribution in [2.24, 2.45) is 0 Å². The summed E-state index contributed by atoms with van der Waals surface area (Å²) in [7, 11) is 0. The number of ether oxygens (including phenoxy) is 3. The molecule has 0 bridgehead atoms. The number of carboxylic acid groups (broad SMARTS) is 1. The molecule has 0 aromatic heterocycles. The molecule has 0 amide bonds. The Morgan fingerprint density at radius 2 is 1.96 bits per heavy atom. The Hall–Kier alpha value is -2.90. The van der Waals surface area contributed by atoms with Crippen LogP contribution in [0.25, 0.3) is 0 Å². The Morgan fingerprint density at radius 1 is 1.18 bits per heavy atom. The minimum atomic E-state index is -0.785. The SMILES string of the molecule is O=C(O)CCN1CCOC(c2ccc(Oc3ccc4c(c3)COC4=O)cc2)C1. The molecule has 7 nitrogen and oxygen atoms in total. The third kappa shape index (κ3) is 4.16. The van der Waals surface area contributed by atoms with E-state index in [1.54, 1.807) is 12.1 Å². The first-order valence-corrected chi connectivity index (χ1v) is 9.22. The normalized spacial score (nSPS) is 19.1. The highest BCUT2D eigenvalue weighted by Crippen LogP contribution is 2.29. The molecule has 1 atom stereocenters. The molecule has 2 aromatic carbocycles. The number of fused-ring (bicyclic) bond motifs is 1. The van der Waals surface area contributed by atoms with Crippen LogP contribution in [-0.4, -0.2) is 48.2 Å². The van der Waals surface area contributed by atoms with Gasteiger partial charge in [0.05, 0.1) is 24.7 Å². The molecule has 0 aliphatic carbocycles. The van der Waals surface area contributed by atoms with Crippen molar-refractivity contribution in [3.05, 3.63) is 59.2 Å². The third-order valence-electron chi connectivity index (χ3n) is 4.94. The minimum Gasteiger partial charge on any atom is -0.481 e. The smallest absolute Gasteiger partial charge is 0.338 e. The number of rotatable bonds is 6. The Morgan fingerprint density at radius 3 is 2.75 bits per heavy atom. The molecule has 0 radical (unpaired) electrons. The minimum absolute atomic E-state index is 0.0836. The maximum Gasteiger partial charge on any atom is 0.338 e. The highest BCUT2D eigenvalue weighted by atomic mass is 16.5. The topological polar surface area (TPSA) is 85.3 Å². The molecule has 1 N–H and O–H groups in total. The first-order valence-electron chi connectivity index (χ1n) is 9.22. The van der Waals surface area contributed by atoms with E-state index >= 15 is 0 Å². The van der Waals surface area contributed by atoms with Crippen LogP contribution in [0, 0.1) is 0 Å². The van der Waals surface area contributed by atoms with Gasteiger partial charge in [0.1, 0.15) is 18.1 Å². The summed E-state index contributed by atoms with van der Waals surface area (Å²) in [5.74, 6) is 0.258. The molecule has 4 rings (SSSR count). The predicted molar refractivity (Wildman–Crippen MR) is 99.5 cm³/mol. The Labute approximate surface area is 162 Å². The van der Waals surface area contributed by atoms with Crippen LogP contribution in [0.2, 0.25) is 0 Å². The number of morpholine rings is 1. The summed E-state index contributed by atoms with van der Waals surface area (Å²) in [5, 5.41) is 8.85. The summed E-state index contributed by atoms with van der Waals surface area (Å²) in [5.41, 5.74) is 2.45. The first-order chi connectivity index (χ1) is 13.6. The van der Waals surface area contributed by atoms with E-state index < -0.39 is 5.97 Å². The summed E-state index contributed by atoms with van der Waals surface area (Å²) in [6, 6.07) is 13.0. The van der Waals surface area contributed by atoms with E-state index in [0.717, 1.165) is 17.7 Å². The van der Waals surface area contributed by atoms with E-state index in [9.17, 15) is 9.59 Å². The number of hydrogen-bond donors (Lipinski definition) is 1. The van der Waals surface area contributed by atoms with Gasteiger partial charge in [-0.05, 0) is 35.9 Å². The van der Waals surface area contributed by atoms with E-state index in [2.05, 4.69) is 4.90 Å². The fourth-order valence-electron chi connectivity index (χ4n) is 3.42. The molecule has 1 unspecified atom stereocenters. The summed E-state index contributed by atoms with van der Waals surface area (Å²) in [4.78, 5) is 24.4. The lowest BCUT2D eigenvalue weighted by Crippen LogP contribution is -2.39. The van der Waals surface area contributed by atoms with Crippen LogP contribution >= 0.6 is 0 Å². The zero-order valence-corrected chi connectivity index (χ0v) is 15.3. The van der Waals surface area contributed by atoms with Crippen LogP contribution in [0.4, 0.5) is 0 Å². The second kappa shape index (κ2) is 8.00. The van der Waals surface area contributed by atoms with Crippen molar-refractivity contribution in [2.45, 2.75) is 19.1 Å². The zero-order valence-electron chi connectivity index (χ0n) is 15.3. The number of aliphatic carboxylic acids is 1. The van der Waals surface area contributed by atoms with Crippen LogP contribution in [0.1, 0.15) is 34.0 Å². The van der Waals surface area contributed by atoms with Gasteiger partial charge in [0.2, 0.25) is 0 Å². The van der Waals surface area contributed by atoms with Crippen molar-refractivity contribution in [3.8, 4) is 11.5 Å². The lowest BCUT2D eigenvalue weighted by Gasteiger charge is -2.32. The fraction of sp³-hybridized carbons (Fsp3) is 0.333. The highest BCUT2D eigenvalue weighted by Gasteiger charge is 2.23. The molecule has 0 saturated carbocycles. The lowest BCUT2D eigenvalue weighted by atomic mass is 10.1. The fourth-order valence-corrected chi connectivity index (χ4v) is 3.42. The van der Waals surface area contributed by atoms with Gasteiger partial charge in [-0.3, -0.25) is 9.69 Å². The van der Waals surface area contributed by atoms with Gasteiger partial charge in [-0.15, -0.1) is 0 Å².